The van der Waals surface area contributed by atoms with Crippen LogP contribution in [0.1, 0.15) is 56.3 Å². The zero-order chi connectivity index (χ0) is 13.9. The second-order valence-corrected chi connectivity index (χ2v) is 7.18. The normalized spacial score (nSPS) is 14.2. The van der Waals surface area contributed by atoms with E-state index in [2.05, 4.69) is 51.8 Å². The number of hydrogen-bond donors (Lipinski definition) is 1. The number of rotatable bonds is 5. The number of nitrogens with one attached hydrogen (secondary N) is 1. The van der Waals surface area contributed by atoms with Crippen LogP contribution in [0.25, 0.3) is 0 Å². The predicted octanol–water partition coefficient (Wildman–Crippen LogP) is 3.68. The summed E-state index contributed by atoms with van der Waals surface area (Å²) >= 11 is 1.76. The minimum Gasteiger partial charge on any atom is -0.374 e. The summed E-state index contributed by atoms with van der Waals surface area (Å²) in [5, 5.41) is 4.60. The first-order chi connectivity index (χ1) is 8.24. The van der Waals surface area contributed by atoms with Crippen molar-refractivity contribution in [2.45, 2.75) is 59.7 Å². The largest absolute Gasteiger partial charge is 0.374 e. The fourth-order valence-corrected chi connectivity index (χ4v) is 3.00. The quantitative estimate of drug-likeness (QED) is 0.886. The second kappa shape index (κ2) is 6.13. The third-order valence-electron chi connectivity index (χ3n) is 2.79. The Morgan fingerprint density at radius 2 is 1.94 bits per heavy atom. The van der Waals surface area contributed by atoms with Gasteiger partial charge in [-0.1, -0.05) is 13.8 Å². The number of aromatic nitrogens is 1. The first-order valence-electron chi connectivity index (χ1n) is 6.48. The van der Waals surface area contributed by atoms with Crippen molar-refractivity contribution < 1.29 is 4.74 Å². The lowest BCUT2D eigenvalue weighted by Crippen LogP contribution is -2.34. The number of aryl methyl sites for hydroxylation is 1. The Bertz CT molecular complexity index is 380. The first-order valence-corrected chi connectivity index (χ1v) is 7.30. The van der Waals surface area contributed by atoms with E-state index in [-0.39, 0.29) is 11.6 Å². The molecule has 0 aliphatic heterocycles. The predicted molar refractivity (Wildman–Crippen MR) is 78.0 cm³/mol. The van der Waals surface area contributed by atoms with E-state index < -0.39 is 0 Å². The van der Waals surface area contributed by atoms with E-state index in [0.717, 1.165) is 17.2 Å². The van der Waals surface area contributed by atoms with Crippen LogP contribution in [0.2, 0.25) is 0 Å². The van der Waals surface area contributed by atoms with Crippen molar-refractivity contribution in [2.24, 2.45) is 5.92 Å². The number of hydrogen-bond acceptors (Lipinski definition) is 4. The average Bonchev–Trinajstić information content (AvgIpc) is 2.56. The fraction of sp³-hybridized carbons (Fsp3) is 0.786. The number of ether oxygens (including phenoxy) is 1. The molecule has 4 heteroatoms. The van der Waals surface area contributed by atoms with E-state index in [0.29, 0.717) is 5.92 Å². The minimum atomic E-state index is 0.108. The van der Waals surface area contributed by atoms with Gasteiger partial charge in [0, 0.05) is 24.1 Å². The molecule has 1 heterocycles. The molecule has 0 aliphatic carbocycles. The lowest BCUT2D eigenvalue weighted by Gasteiger charge is -2.20. The van der Waals surface area contributed by atoms with Gasteiger partial charge in [-0.2, -0.15) is 0 Å². The highest BCUT2D eigenvalue weighted by Crippen LogP contribution is 2.30. The maximum Gasteiger partial charge on any atom is 0.122 e. The molecule has 0 saturated carbocycles. The highest BCUT2D eigenvalue weighted by atomic mass is 32.1. The first kappa shape index (κ1) is 15.6. The third-order valence-corrected chi connectivity index (χ3v) is 4.01. The van der Waals surface area contributed by atoms with Gasteiger partial charge >= 0.3 is 0 Å². The van der Waals surface area contributed by atoms with Gasteiger partial charge in [0.05, 0.1) is 5.69 Å². The average molecular weight is 270 g/mol. The third kappa shape index (κ3) is 4.34. The van der Waals surface area contributed by atoms with E-state index in [1.54, 1.807) is 18.4 Å². The summed E-state index contributed by atoms with van der Waals surface area (Å²) in [5.41, 5.74) is 1.25. The molecule has 0 spiro atoms. The van der Waals surface area contributed by atoms with E-state index in [4.69, 9.17) is 4.74 Å². The van der Waals surface area contributed by atoms with Gasteiger partial charge in [0.1, 0.15) is 11.1 Å². The smallest absolute Gasteiger partial charge is 0.122 e. The minimum absolute atomic E-state index is 0.108. The Labute approximate surface area is 115 Å². The summed E-state index contributed by atoms with van der Waals surface area (Å²) in [6.07, 6.45) is 0.108. The molecule has 0 saturated heterocycles. The molecule has 1 aromatic heterocycles. The van der Waals surface area contributed by atoms with Crippen LogP contribution in [0.4, 0.5) is 0 Å². The Balaban J connectivity index is 2.81. The van der Waals surface area contributed by atoms with Crippen LogP contribution >= 0.6 is 11.3 Å². The number of nitrogens with zero attached hydrogens (tertiary/aromatic N) is 1. The number of methoxy groups -OCH3 is 1. The summed E-state index contributed by atoms with van der Waals surface area (Å²) in [4.78, 5) is 5.97. The molecule has 104 valence electrons. The molecule has 0 aromatic carbocycles. The highest BCUT2D eigenvalue weighted by molar-refractivity contribution is 7.11. The van der Waals surface area contributed by atoms with Crippen molar-refractivity contribution in [3.8, 4) is 0 Å². The van der Waals surface area contributed by atoms with Gasteiger partial charge in [-0.05, 0) is 33.6 Å². The molecule has 0 radical (unpaired) electrons. The molecule has 0 bridgehead atoms. The maximum atomic E-state index is 5.54. The molecule has 0 fully saturated rings. The molecular weight excluding hydrogens is 244 g/mol. The van der Waals surface area contributed by atoms with Crippen LogP contribution in [0.15, 0.2) is 0 Å². The topological polar surface area (TPSA) is 34.1 Å². The molecule has 1 N–H and O–H groups in total. The van der Waals surface area contributed by atoms with Crippen LogP contribution in [0.3, 0.4) is 0 Å². The van der Waals surface area contributed by atoms with Crippen molar-refractivity contribution in [3.63, 3.8) is 0 Å². The fourth-order valence-electron chi connectivity index (χ4n) is 1.74. The van der Waals surface area contributed by atoms with Gasteiger partial charge in [-0.3, -0.25) is 0 Å². The SMILES string of the molecule is COC(c1nc(C)c(CNC(C)(C)C)s1)C(C)C. The van der Waals surface area contributed by atoms with Gasteiger partial charge < -0.3 is 10.1 Å². The molecular formula is C14H26N2OS. The summed E-state index contributed by atoms with van der Waals surface area (Å²) in [6, 6.07) is 0. The van der Waals surface area contributed by atoms with E-state index in [9.17, 15) is 0 Å². The summed E-state index contributed by atoms with van der Waals surface area (Å²) in [6.45, 7) is 13.8. The second-order valence-electron chi connectivity index (χ2n) is 6.06. The van der Waals surface area contributed by atoms with Crippen molar-refractivity contribution in [2.75, 3.05) is 7.11 Å². The van der Waals surface area contributed by atoms with Crippen LogP contribution in [0, 0.1) is 12.8 Å². The summed E-state index contributed by atoms with van der Waals surface area (Å²) in [5.74, 6) is 0.448. The molecule has 1 rings (SSSR count). The molecule has 0 aliphatic rings. The Kier molecular flexibility index (Phi) is 5.32. The van der Waals surface area contributed by atoms with Crippen LogP contribution in [0.5, 0.6) is 0 Å². The van der Waals surface area contributed by atoms with Crippen LogP contribution < -0.4 is 5.32 Å². The standard InChI is InChI=1S/C14H26N2OS/c1-9(2)12(17-7)13-16-10(3)11(18-13)8-15-14(4,5)6/h9,12,15H,8H2,1-7H3. The van der Waals surface area contributed by atoms with Crippen LogP contribution in [-0.2, 0) is 11.3 Å². The maximum absolute atomic E-state index is 5.54. The van der Waals surface area contributed by atoms with Gasteiger partial charge in [0.15, 0.2) is 0 Å². The monoisotopic (exact) mass is 270 g/mol. The molecule has 3 nitrogen and oxygen atoms in total. The highest BCUT2D eigenvalue weighted by Gasteiger charge is 2.21. The van der Waals surface area contributed by atoms with Crippen LogP contribution in [-0.4, -0.2) is 17.6 Å². The number of thiazole rings is 1. The Morgan fingerprint density at radius 1 is 1.33 bits per heavy atom. The van der Waals surface area contributed by atoms with Gasteiger partial charge in [-0.25, -0.2) is 4.98 Å². The van der Waals surface area contributed by atoms with Gasteiger partial charge in [0.25, 0.3) is 0 Å². The van der Waals surface area contributed by atoms with E-state index in [1.807, 2.05) is 0 Å². The molecule has 1 aromatic rings. The zero-order valence-corrected chi connectivity index (χ0v) is 13.4. The van der Waals surface area contributed by atoms with Gasteiger partial charge in [0.2, 0.25) is 0 Å². The van der Waals surface area contributed by atoms with Crippen molar-refractivity contribution >= 4 is 11.3 Å². The lowest BCUT2D eigenvalue weighted by atomic mass is 10.1. The van der Waals surface area contributed by atoms with Crippen molar-refractivity contribution in [3.05, 3.63) is 15.6 Å². The van der Waals surface area contributed by atoms with E-state index in [1.165, 1.54) is 4.88 Å². The van der Waals surface area contributed by atoms with Crippen molar-refractivity contribution in [1.82, 2.24) is 10.3 Å². The lowest BCUT2D eigenvalue weighted by molar-refractivity contribution is 0.0643. The molecule has 0 amide bonds. The zero-order valence-electron chi connectivity index (χ0n) is 12.6. The Hall–Kier alpha value is -0.450. The van der Waals surface area contributed by atoms with Gasteiger partial charge in [-0.15, -0.1) is 11.3 Å². The molecule has 1 unspecified atom stereocenters. The Morgan fingerprint density at radius 3 is 2.39 bits per heavy atom. The van der Waals surface area contributed by atoms with E-state index >= 15 is 0 Å². The van der Waals surface area contributed by atoms with Crippen molar-refractivity contribution in [1.29, 1.82) is 0 Å². The molecule has 1 atom stereocenters. The summed E-state index contributed by atoms with van der Waals surface area (Å²) in [7, 11) is 1.76. The summed E-state index contributed by atoms with van der Waals surface area (Å²) < 4.78 is 5.54. The molecule has 18 heavy (non-hydrogen) atoms.